The summed E-state index contributed by atoms with van der Waals surface area (Å²) in [5, 5.41) is 0. The zero-order chi connectivity index (χ0) is 5.70. The molecule has 0 saturated heterocycles. The van der Waals surface area contributed by atoms with Crippen molar-refractivity contribution in [3.63, 3.8) is 0 Å². The third-order valence-corrected chi connectivity index (χ3v) is 0.613. The summed E-state index contributed by atoms with van der Waals surface area (Å²) in [6.45, 7) is 2.92. The SMILES string of the molecule is CCOC(N)CN.[NaH]. The fraction of sp³-hybridized carbons (Fsp3) is 1.00. The Labute approximate surface area is 72.0 Å². The number of rotatable bonds is 3. The molecular formula is C4H13N2NaO. The van der Waals surface area contributed by atoms with Crippen molar-refractivity contribution in [3.8, 4) is 0 Å². The Balaban J connectivity index is 0. The van der Waals surface area contributed by atoms with E-state index < -0.39 is 0 Å². The van der Waals surface area contributed by atoms with Crippen molar-refractivity contribution >= 4 is 29.6 Å². The monoisotopic (exact) mass is 128 g/mol. The van der Waals surface area contributed by atoms with E-state index in [1.807, 2.05) is 6.92 Å². The minimum absolute atomic E-state index is 0. The van der Waals surface area contributed by atoms with E-state index in [1.54, 1.807) is 0 Å². The summed E-state index contributed by atoms with van der Waals surface area (Å²) in [5.74, 6) is 0. The van der Waals surface area contributed by atoms with Gasteiger partial charge in [-0.1, -0.05) is 0 Å². The van der Waals surface area contributed by atoms with E-state index in [4.69, 9.17) is 16.2 Å². The number of hydrogen-bond acceptors (Lipinski definition) is 3. The van der Waals surface area contributed by atoms with E-state index in [9.17, 15) is 0 Å². The molecule has 4 heteroatoms. The fourth-order valence-electron chi connectivity index (χ4n) is 0.282. The van der Waals surface area contributed by atoms with Crippen LogP contribution < -0.4 is 11.5 Å². The van der Waals surface area contributed by atoms with Crippen LogP contribution >= 0.6 is 0 Å². The van der Waals surface area contributed by atoms with Gasteiger partial charge in [0.15, 0.2) is 0 Å². The maximum atomic E-state index is 5.24. The van der Waals surface area contributed by atoms with Crippen molar-refractivity contribution < 1.29 is 4.74 Å². The van der Waals surface area contributed by atoms with E-state index in [1.165, 1.54) is 0 Å². The van der Waals surface area contributed by atoms with Crippen LogP contribution in [0.15, 0.2) is 0 Å². The molecule has 46 valence electrons. The molecule has 1 atom stereocenters. The Hall–Kier alpha value is 0.880. The maximum absolute atomic E-state index is 5.24. The predicted octanol–water partition coefficient (Wildman–Crippen LogP) is -1.38. The number of hydrogen-bond donors (Lipinski definition) is 2. The van der Waals surface area contributed by atoms with Crippen molar-refractivity contribution in [2.24, 2.45) is 11.5 Å². The van der Waals surface area contributed by atoms with Gasteiger partial charge in [0.1, 0.15) is 6.23 Å². The van der Waals surface area contributed by atoms with Crippen LogP contribution in [-0.4, -0.2) is 48.9 Å². The molecule has 0 aliphatic carbocycles. The molecule has 0 aromatic heterocycles. The summed E-state index contributed by atoms with van der Waals surface area (Å²) >= 11 is 0. The van der Waals surface area contributed by atoms with Crippen LogP contribution in [0, 0.1) is 0 Å². The van der Waals surface area contributed by atoms with Crippen molar-refractivity contribution in [1.29, 1.82) is 0 Å². The summed E-state index contributed by atoms with van der Waals surface area (Å²) in [6, 6.07) is 0. The summed E-state index contributed by atoms with van der Waals surface area (Å²) in [5.41, 5.74) is 10.3. The summed E-state index contributed by atoms with van der Waals surface area (Å²) in [6.07, 6.45) is -0.273. The summed E-state index contributed by atoms with van der Waals surface area (Å²) < 4.78 is 4.84. The third-order valence-electron chi connectivity index (χ3n) is 0.613. The quantitative estimate of drug-likeness (QED) is 0.363. The van der Waals surface area contributed by atoms with Gasteiger partial charge in [0.2, 0.25) is 0 Å². The second kappa shape index (κ2) is 7.88. The van der Waals surface area contributed by atoms with Gasteiger partial charge in [-0.15, -0.1) is 0 Å². The zero-order valence-electron chi connectivity index (χ0n) is 4.55. The van der Waals surface area contributed by atoms with Crippen molar-refractivity contribution in [1.82, 2.24) is 0 Å². The summed E-state index contributed by atoms with van der Waals surface area (Å²) in [4.78, 5) is 0. The van der Waals surface area contributed by atoms with Gasteiger partial charge in [0.25, 0.3) is 0 Å². The van der Waals surface area contributed by atoms with Gasteiger partial charge in [-0.2, -0.15) is 0 Å². The van der Waals surface area contributed by atoms with E-state index in [-0.39, 0.29) is 35.8 Å². The fourth-order valence-corrected chi connectivity index (χ4v) is 0.282. The van der Waals surface area contributed by atoms with E-state index >= 15 is 0 Å². The van der Waals surface area contributed by atoms with Crippen LogP contribution in [0.5, 0.6) is 0 Å². The predicted molar refractivity (Wildman–Crippen MR) is 35.8 cm³/mol. The van der Waals surface area contributed by atoms with E-state index in [2.05, 4.69) is 0 Å². The summed E-state index contributed by atoms with van der Waals surface area (Å²) in [7, 11) is 0. The topological polar surface area (TPSA) is 61.3 Å². The second-order valence-corrected chi connectivity index (χ2v) is 1.23. The first-order chi connectivity index (χ1) is 3.31. The molecule has 0 aromatic carbocycles. The second-order valence-electron chi connectivity index (χ2n) is 1.23. The van der Waals surface area contributed by atoms with Crippen LogP contribution in [0.3, 0.4) is 0 Å². The van der Waals surface area contributed by atoms with Crippen molar-refractivity contribution in [2.75, 3.05) is 13.2 Å². The third kappa shape index (κ3) is 6.88. The van der Waals surface area contributed by atoms with Gasteiger partial charge in [0.05, 0.1) is 0 Å². The van der Waals surface area contributed by atoms with Crippen LogP contribution in [0.2, 0.25) is 0 Å². The molecule has 0 aromatic rings. The molecular weight excluding hydrogens is 115 g/mol. The van der Waals surface area contributed by atoms with Crippen LogP contribution in [0.1, 0.15) is 6.92 Å². The molecule has 0 bridgehead atoms. The normalized spacial score (nSPS) is 12.4. The van der Waals surface area contributed by atoms with E-state index in [0.717, 1.165) is 0 Å². The van der Waals surface area contributed by atoms with Crippen molar-refractivity contribution in [3.05, 3.63) is 0 Å². The first-order valence-corrected chi connectivity index (χ1v) is 2.38. The molecule has 0 aliphatic heterocycles. The number of ether oxygens (including phenoxy) is 1. The molecule has 0 spiro atoms. The molecule has 0 heterocycles. The van der Waals surface area contributed by atoms with Gasteiger partial charge >= 0.3 is 29.6 Å². The standard InChI is InChI=1S/C4H12N2O.Na.H/c1-2-7-4(6)3-5;;/h4H,2-3,5-6H2,1H3;;. The Bertz CT molecular complexity index is 45.0. The van der Waals surface area contributed by atoms with Gasteiger partial charge < -0.3 is 16.2 Å². The Morgan fingerprint density at radius 3 is 2.25 bits per heavy atom. The van der Waals surface area contributed by atoms with Gasteiger partial charge in [-0.05, 0) is 6.92 Å². The van der Waals surface area contributed by atoms with Gasteiger partial charge in [-0.3, -0.25) is 0 Å². The Morgan fingerprint density at radius 2 is 2.12 bits per heavy atom. The van der Waals surface area contributed by atoms with Crippen LogP contribution in [0.25, 0.3) is 0 Å². The molecule has 0 radical (unpaired) electrons. The Morgan fingerprint density at radius 1 is 1.62 bits per heavy atom. The number of nitrogens with two attached hydrogens (primary N) is 2. The molecule has 1 unspecified atom stereocenters. The molecule has 8 heavy (non-hydrogen) atoms. The Kier molecular flexibility index (Phi) is 11.5. The minimum atomic E-state index is -0.273. The first-order valence-electron chi connectivity index (χ1n) is 2.38. The molecule has 3 nitrogen and oxygen atoms in total. The molecule has 0 aliphatic rings. The van der Waals surface area contributed by atoms with Crippen LogP contribution in [0.4, 0.5) is 0 Å². The molecule has 0 fully saturated rings. The average Bonchev–Trinajstić information content (AvgIpc) is 1.68. The van der Waals surface area contributed by atoms with Crippen molar-refractivity contribution in [2.45, 2.75) is 13.2 Å². The van der Waals surface area contributed by atoms with Crippen LogP contribution in [-0.2, 0) is 4.74 Å². The molecule has 0 amide bonds. The first kappa shape index (κ1) is 11.6. The molecule has 4 N–H and O–H groups in total. The average molecular weight is 128 g/mol. The van der Waals surface area contributed by atoms with E-state index in [0.29, 0.717) is 13.2 Å². The van der Waals surface area contributed by atoms with Gasteiger partial charge in [-0.25, -0.2) is 0 Å². The molecule has 0 saturated carbocycles. The van der Waals surface area contributed by atoms with Gasteiger partial charge in [0, 0.05) is 13.2 Å². The molecule has 0 rings (SSSR count). The zero-order valence-corrected chi connectivity index (χ0v) is 4.55.